The van der Waals surface area contributed by atoms with Crippen molar-refractivity contribution in [3.63, 3.8) is 0 Å². The first-order valence-electron chi connectivity index (χ1n) is 13.0. The quantitative estimate of drug-likeness (QED) is 0.114. The van der Waals surface area contributed by atoms with Crippen molar-refractivity contribution in [1.82, 2.24) is 10.3 Å². The summed E-state index contributed by atoms with van der Waals surface area (Å²) in [5.74, 6) is 0.624. The Hall–Kier alpha value is -5.13. The summed E-state index contributed by atoms with van der Waals surface area (Å²) in [7, 11) is 1.58. The molecule has 0 atom stereocenters. The van der Waals surface area contributed by atoms with E-state index in [-0.39, 0.29) is 17.4 Å². The SMILES string of the molecule is COc1ccccc1-c1ccc(/C=C(\NC(=O)c2ccccc2)C(=O)Nc2ccc(SCC(=O)Nc3nccs3)cc2)o1. The number of carbonyl (C=O) groups is 3. The van der Waals surface area contributed by atoms with Gasteiger partial charge in [0.1, 0.15) is 23.0 Å². The zero-order valence-corrected chi connectivity index (χ0v) is 24.5. The van der Waals surface area contributed by atoms with Gasteiger partial charge < -0.3 is 25.1 Å². The van der Waals surface area contributed by atoms with E-state index < -0.39 is 11.8 Å². The maximum atomic E-state index is 13.4. The zero-order valence-electron chi connectivity index (χ0n) is 22.9. The van der Waals surface area contributed by atoms with Gasteiger partial charge in [-0.1, -0.05) is 30.3 Å². The number of amides is 3. The average molecular weight is 611 g/mol. The number of hydrogen-bond acceptors (Lipinski definition) is 8. The minimum absolute atomic E-state index is 0.00733. The monoisotopic (exact) mass is 610 g/mol. The molecule has 3 N–H and O–H groups in total. The Morgan fingerprint density at radius 1 is 0.930 bits per heavy atom. The first-order chi connectivity index (χ1) is 21.0. The third-order valence-electron chi connectivity index (χ3n) is 5.98. The van der Waals surface area contributed by atoms with Crippen molar-refractivity contribution in [2.24, 2.45) is 0 Å². The van der Waals surface area contributed by atoms with E-state index in [1.807, 2.05) is 24.3 Å². The van der Waals surface area contributed by atoms with Gasteiger partial charge in [0.05, 0.1) is 18.4 Å². The molecule has 43 heavy (non-hydrogen) atoms. The van der Waals surface area contributed by atoms with Crippen LogP contribution in [0.5, 0.6) is 5.75 Å². The molecule has 0 fully saturated rings. The topological polar surface area (TPSA) is 123 Å². The molecule has 216 valence electrons. The van der Waals surface area contributed by atoms with Crippen LogP contribution in [-0.2, 0) is 9.59 Å². The molecule has 0 aliphatic carbocycles. The summed E-state index contributed by atoms with van der Waals surface area (Å²) >= 11 is 2.71. The minimum Gasteiger partial charge on any atom is -0.496 e. The molecule has 3 aromatic carbocycles. The van der Waals surface area contributed by atoms with E-state index in [1.54, 1.807) is 85.4 Å². The first kappa shape index (κ1) is 29.4. The second-order valence-corrected chi connectivity index (χ2v) is 10.9. The number of anilines is 2. The summed E-state index contributed by atoms with van der Waals surface area (Å²) in [5.41, 5.74) is 1.65. The molecule has 0 aliphatic rings. The van der Waals surface area contributed by atoms with Crippen LogP contribution in [0.25, 0.3) is 17.4 Å². The molecule has 5 aromatic rings. The van der Waals surface area contributed by atoms with Crippen molar-refractivity contribution in [2.75, 3.05) is 23.5 Å². The molecular formula is C32H26N4O5S2. The smallest absolute Gasteiger partial charge is 0.272 e. The Morgan fingerprint density at radius 2 is 1.70 bits per heavy atom. The molecule has 11 heteroatoms. The van der Waals surface area contributed by atoms with Crippen molar-refractivity contribution in [1.29, 1.82) is 0 Å². The summed E-state index contributed by atoms with van der Waals surface area (Å²) in [5, 5.41) is 10.6. The van der Waals surface area contributed by atoms with Crippen LogP contribution in [0.15, 0.2) is 118 Å². The van der Waals surface area contributed by atoms with E-state index in [0.717, 1.165) is 10.5 Å². The Bertz CT molecular complexity index is 1730. The largest absolute Gasteiger partial charge is 0.496 e. The number of carbonyl (C=O) groups excluding carboxylic acids is 3. The maximum Gasteiger partial charge on any atom is 0.272 e. The molecule has 0 bridgehead atoms. The lowest BCUT2D eigenvalue weighted by molar-refractivity contribution is -0.114. The molecule has 0 spiro atoms. The van der Waals surface area contributed by atoms with Gasteiger partial charge in [0, 0.05) is 33.8 Å². The zero-order chi connectivity index (χ0) is 30.0. The Balaban J connectivity index is 1.30. The number of aromatic nitrogens is 1. The van der Waals surface area contributed by atoms with Crippen molar-refractivity contribution in [3.05, 3.63) is 120 Å². The third kappa shape index (κ3) is 8.00. The lowest BCUT2D eigenvalue weighted by Crippen LogP contribution is -2.30. The summed E-state index contributed by atoms with van der Waals surface area (Å²) in [4.78, 5) is 43.4. The van der Waals surface area contributed by atoms with Gasteiger partial charge in [0.25, 0.3) is 11.8 Å². The highest BCUT2D eigenvalue weighted by Gasteiger charge is 2.17. The van der Waals surface area contributed by atoms with Gasteiger partial charge in [0.15, 0.2) is 5.13 Å². The minimum atomic E-state index is -0.539. The third-order valence-corrected chi connectivity index (χ3v) is 7.68. The molecular weight excluding hydrogens is 585 g/mol. The second kappa shape index (κ2) is 14.2. The molecule has 0 radical (unpaired) electrons. The normalized spacial score (nSPS) is 11.0. The number of ether oxygens (including phenoxy) is 1. The maximum absolute atomic E-state index is 13.4. The van der Waals surface area contributed by atoms with Crippen LogP contribution in [0.3, 0.4) is 0 Å². The predicted molar refractivity (Wildman–Crippen MR) is 169 cm³/mol. The summed E-state index contributed by atoms with van der Waals surface area (Å²) in [6, 6.07) is 26.6. The Kier molecular flexibility index (Phi) is 9.67. The summed E-state index contributed by atoms with van der Waals surface area (Å²) in [6.45, 7) is 0. The highest BCUT2D eigenvalue weighted by Crippen LogP contribution is 2.31. The van der Waals surface area contributed by atoms with Crippen molar-refractivity contribution in [2.45, 2.75) is 4.90 Å². The fourth-order valence-electron chi connectivity index (χ4n) is 3.93. The van der Waals surface area contributed by atoms with Gasteiger partial charge in [-0.15, -0.1) is 23.1 Å². The van der Waals surface area contributed by atoms with E-state index in [2.05, 4.69) is 20.9 Å². The van der Waals surface area contributed by atoms with Gasteiger partial charge in [-0.05, 0) is 60.7 Å². The highest BCUT2D eigenvalue weighted by atomic mass is 32.2. The van der Waals surface area contributed by atoms with Crippen molar-refractivity contribution in [3.8, 4) is 17.1 Å². The number of hydrogen-bond donors (Lipinski definition) is 3. The molecule has 0 aliphatic heterocycles. The van der Waals surface area contributed by atoms with Gasteiger partial charge >= 0.3 is 0 Å². The van der Waals surface area contributed by atoms with Crippen LogP contribution in [0.1, 0.15) is 16.1 Å². The average Bonchev–Trinajstić information content (AvgIpc) is 3.73. The fourth-order valence-corrected chi connectivity index (χ4v) is 5.17. The Morgan fingerprint density at radius 3 is 2.44 bits per heavy atom. The molecule has 0 saturated carbocycles. The van der Waals surface area contributed by atoms with E-state index in [4.69, 9.17) is 9.15 Å². The van der Waals surface area contributed by atoms with Crippen LogP contribution in [-0.4, -0.2) is 35.6 Å². The number of nitrogens with zero attached hydrogens (tertiary/aromatic N) is 1. The fraction of sp³-hybridized carbons (Fsp3) is 0.0625. The summed E-state index contributed by atoms with van der Waals surface area (Å²) < 4.78 is 11.4. The number of methoxy groups -OCH3 is 1. The second-order valence-electron chi connectivity index (χ2n) is 8.93. The highest BCUT2D eigenvalue weighted by molar-refractivity contribution is 8.00. The van der Waals surface area contributed by atoms with Crippen LogP contribution in [0.2, 0.25) is 0 Å². The van der Waals surface area contributed by atoms with E-state index in [9.17, 15) is 14.4 Å². The van der Waals surface area contributed by atoms with Crippen LogP contribution < -0.4 is 20.7 Å². The van der Waals surface area contributed by atoms with E-state index >= 15 is 0 Å². The molecule has 2 heterocycles. The lowest BCUT2D eigenvalue weighted by atomic mass is 10.1. The molecule has 0 unspecified atom stereocenters. The number of para-hydroxylation sites is 1. The Labute approximate surface area is 256 Å². The molecule has 3 amide bonds. The predicted octanol–water partition coefficient (Wildman–Crippen LogP) is 6.55. The van der Waals surface area contributed by atoms with Crippen molar-refractivity contribution >= 4 is 57.7 Å². The van der Waals surface area contributed by atoms with Crippen LogP contribution >= 0.6 is 23.1 Å². The first-order valence-corrected chi connectivity index (χ1v) is 14.9. The van der Waals surface area contributed by atoms with Gasteiger partial charge in [-0.3, -0.25) is 14.4 Å². The molecule has 9 nitrogen and oxygen atoms in total. The number of benzene rings is 3. The molecule has 0 saturated heterocycles. The van der Waals surface area contributed by atoms with E-state index in [1.165, 1.54) is 29.2 Å². The molecule has 5 rings (SSSR count). The lowest BCUT2D eigenvalue weighted by Gasteiger charge is -2.11. The standard InChI is InChI=1S/C32H26N4O5S2/c1-40-27-10-6-5-9-25(27)28-16-13-23(41-28)19-26(35-30(38)21-7-3-2-4-8-21)31(39)34-22-11-14-24(15-12-22)43-20-29(37)36-32-33-17-18-42-32/h2-19H,20H2,1H3,(H,34,39)(H,35,38)(H,33,36,37)/b26-19-. The number of thioether (sulfide) groups is 1. The van der Waals surface area contributed by atoms with Gasteiger partial charge in [-0.25, -0.2) is 4.98 Å². The van der Waals surface area contributed by atoms with Gasteiger partial charge in [0.2, 0.25) is 5.91 Å². The van der Waals surface area contributed by atoms with Crippen LogP contribution in [0, 0.1) is 0 Å². The molecule has 2 aromatic heterocycles. The van der Waals surface area contributed by atoms with Crippen LogP contribution in [0.4, 0.5) is 10.8 Å². The van der Waals surface area contributed by atoms with Gasteiger partial charge in [-0.2, -0.15) is 0 Å². The summed E-state index contributed by atoms with van der Waals surface area (Å²) in [6.07, 6.45) is 3.10. The number of rotatable bonds is 11. The number of nitrogens with one attached hydrogen (secondary N) is 3. The number of furan rings is 1. The van der Waals surface area contributed by atoms with E-state index in [0.29, 0.717) is 33.7 Å². The van der Waals surface area contributed by atoms with Crippen molar-refractivity contribution < 1.29 is 23.5 Å². The number of thiazole rings is 1.